The molecule has 2 heterocycles. The molecular formula is C21H20FN3O5S. The minimum Gasteiger partial charge on any atom is -0.338 e. The Kier molecular flexibility index (Phi) is 5.36. The molecule has 2 aliphatic heterocycles. The quantitative estimate of drug-likeness (QED) is 0.662. The highest BCUT2D eigenvalue weighted by Gasteiger charge is 2.42. The van der Waals surface area contributed by atoms with Gasteiger partial charge in [0.05, 0.1) is 16.0 Å². The summed E-state index contributed by atoms with van der Waals surface area (Å²) in [6, 6.07) is 10.1. The average Bonchev–Trinajstić information content (AvgIpc) is 3.03. The van der Waals surface area contributed by atoms with E-state index in [1.165, 1.54) is 28.3 Å². The zero-order valence-corrected chi connectivity index (χ0v) is 17.5. The maximum Gasteiger partial charge on any atom is 0.262 e. The van der Waals surface area contributed by atoms with E-state index in [1.807, 2.05) is 0 Å². The Labute approximate surface area is 178 Å². The lowest BCUT2D eigenvalue weighted by molar-refractivity contribution is -0.136. The summed E-state index contributed by atoms with van der Waals surface area (Å²) < 4.78 is 40.1. The minimum atomic E-state index is -3.89. The molecule has 0 aromatic heterocycles. The Morgan fingerprint density at radius 3 is 2.06 bits per heavy atom. The second kappa shape index (κ2) is 7.86. The van der Waals surface area contributed by atoms with Crippen LogP contribution in [0.4, 0.5) is 4.39 Å². The van der Waals surface area contributed by atoms with Crippen LogP contribution in [0.3, 0.4) is 0 Å². The van der Waals surface area contributed by atoms with Crippen LogP contribution in [0.25, 0.3) is 0 Å². The van der Waals surface area contributed by atoms with E-state index < -0.39 is 39.6 Å². The van der Waals surface area contributed by atoms with Gasteiger partial charge in [-0.15, -0.1) is 0 Å². The molecule has 31 heavy (non-hydrogen) atoms. The number of fused-ring (bicyclic) bond motifs is 1. The fraction of sp³-hybridized carbons (Fsp3) is 0.286. The summed E-state index contributed by atoms with van der Waals surface area (Å²) in [7, 11) is -3.89. The third kappa shape index (κ3) is 3.61. The van der Waals surface area contributed by atoms with Crippen molar-refractivity contribution in [2.45, 2.75) is 17.9 Å². The van der Waals surface area contributed by atoms with Crippen LogP contribution in [-0.2, 0) is 14.8 Å². The Bertz CT molecular complexity index is 1140. The minimum absolute atomic E-state index is 0.0272. The number of rotatable bonds is 4. The van der Waals surface area contributed by atoms with Gasteiger partial charge in [-0.25, -0.2) is 12.8 Å². The summed E-state index contributed by atoms with van der Waals surface area (Å²) >= 11 is 0. The number of hydrogen-bond donors (Lipinski definition) is 0. The number of sulfonamides is 1. The van der Waals surface area contributed by atoms with Crippen LogP contribution in [0.5, 0.6) is 0 Å². The molecule has 2 aromatic rings. The van der Waals surface area contributed by atoms with Gasteiger partial charge in [-0.05, 0) is 37.3 Å². The molecule has 0 N–H and O–H groups in total. The second-order valence-electron chi connectivity index (χ2n) is 7.39. The number of hydrogen-bond acceptors (Lipinski definition) is 5. The third-order valence-electron chi connectivity index (χ3n) is 5.55. The van der Waals surface area contributed by atoms with E-state index in [4.69, 9.17) is 0 Å². The third-order valence-corrected chi connectivity index (χ3v) is 7.45. The van der Waals surface area contributed by atoms with Crippen LogP contribution in [0, 0.1) is 5.82 Å². The Morgan fingerprint density at radius 1 is 0.935 bits per heavy atom. The molecule has 0 saturated carbocycles. The largest absolute Gasteiger partial charge is 0.338 e. The van der Waals surface area contributed by atoms with Crippen molar-refractivity contribution in [3.63, 3.8) is 0 Å². The van der Waals surface area contributed by atoms with Crippen LogP contribution in [0.1, 0.15) is 27.6 Å². The predicted molar refractivity (Wildman–Crippen MR) is 108 cm³/mol. The highest BCUT2D eigenvalue weighted by atomic mass is 32.2. The smallest absolute Gasteiger partial charge is 0.262 e. The molecule has 4 rings (SSSR count). The van der Waals surface area contributed by atoms with Gasteiger partial charge >= 0.3 is 0 Å². The molecule has 3 amide bonds. The molecule has 0 bridgehead atoms. The van der Waals surface area contributed by atoms with Crippen LogP contribution in [0.2, 0.25) is 0 Å². The zero-order valence-electron chi connectivity index (χ0n) is 16.7. The number of halogens is 1. The first-order chi connectivity index (χ1) is 14.7. The first-order valence-corrected chi connectivity index (χ1v) is 11.2. The second-order valence-corrected chi connectivity index (χ2v) is 9.33. The van der Waals surface area contributed by atoms with E-state index in [2.05, 4.69) is 0 Å². The lowest BCUT2D eigenvalue weighted by Crippen LogP contribution is -2.55. The molecule has 2 aliphatic rings. The molecule has 1 fully saturated rings. The van der Waals surface area contributed by atoms with Gasteiger partial charge in [0.15, 0.2) is 0 Å². The van der Waals surface area contributed by atoms with E-state index in [-0.39, 0.29) is 42.2 Å². The summed E-state index contributed by atoms with van der Waals surface area (Å²) in [5.41, 5.74) is 0.524. The summed E-state index contributed by atoms with van der Waals surface area (Å²) in [6.07, 6.45) is 0. The van der Waals surface area contributed by atoms with Crippen molar-refractivity contribution in [3.05, 3.63) is 65.5 Å². The fourth-order valence-corrected chi connectivity index (χ4v) is 5.31. The molecule has 0 aliphatic carbocycles. The van der Waals surface area contributed by atoms with Crippen molar-refractivity contribution in [2.75, 3.05) is 26.2 Å². The maximum atomic E-state index is 13.4. The van der Waals surface area contributed by atoms with Gasteiger partial charge in [0, 0.05) is 26.2 Å². The van der Waals surface area contributed by atoms with E-state index >= 15 is 0 Å². The summed E-state index contributed by atoms with van der Waals surface area (Å²) in [5.74, 6) is -2.12. The van der Waals surface area contributed by atoms with Gasteiger partial charge < -0.3 is 4.90 Å². The Hall–Kier alpha value is -3.11. The summed E-state index contributed by atoms with van der Waals surface area (Å²) in [5, 5.41) is 0. The SMILES string of the molecule is CC(C(=O)N1CCN(S(=O)(=O)c2cccc(F)c2)CC1)N1C(=O)c2ccccc2C1=O. The summed E-state index contributed by atoms with van der Waals surface area (Å²) in [6.45, 7) is 1.74. The number of carbonyl (C=O) groups excluding carboxylic acids is 3. The topological polar surface area (TPSA) is 95.1 Å². The number of nitrogens with zero attached hydrogens (tertiary/aromatic N) is 3. The van der Waals surface area contributed by atoms with Gasteiger partial charge in [0.2, 0.25) is 15.9 Å². The molecule has 1 atom stereocenters. The first kappa shape index (κ1) is 21.1. The average molecular weight is 445 g/mol. The van der Waals surface area contributed by atoms with Crippen LogP contribution in [0.15, 0.2) is 53.4 Å². The maximum absolute atomic E-state index is 13.4. The van der Waals surface area contributed by atoms with Gasteiger partial charge in [0.1, 0.15) is 11.9 Å². The van der Waals surface area contributed by atoms with E-state index in [1.54, 1.807) is 24.3 Å². The van der Waals surface area contributed by atoms with Gasteiger partial charge in [-0.2, -0.15) is 4.31 Å². The molecule has 1 unspecified atom stereocenters. The number of imide groups is 1. The van der Waals surface area contributed by atoms with Crippen molar-refractivity contribution in [2.24, 2.45) is 0 Å². The monoisotopic (exact) mass is 445 g/mol. The highest BCUT2D eigenvalue weighted by molar-refractivity contribution is 7.89. The highest BCUT2D eigenvalue weighted by Crippen LogP contribution is 2.26. The lowest BCUT2D eigenvalue weighted by Gasteiger charge is -2.36. The summed E-state index contributed by atoms with van der Waals surface area (Å²) in [4.78, 5) is 40.4. The molecule has 8 nitrogen and oxygen atoms in total. The van der Waals surface area contributed by atoms with Gasteiger partial charge in [-0.1, -0.05) is 18.2 Å². The number of amides is 3. The van der Waals surface area contributed by atoms with E-state index in [0.29, 0.717) is 0 Å². The van der Waals surface area contributed by atoms with Gasteiger partial charge in [-0.3, -0.25) is 19.3 Å². The molecule has 0 spiro atoms. The van der Waals surface area contributed by atoms with Crippen molar-refractivity contribution < 1.29 is 27.2 Å². The van der Waals surface area contributed by atoms with Crippen LogP contribution >= 0.6 is 0 Å². The molecule has 1 saturated heterocycles. The fourth-order valence-electron chi connectivity index (χ4n) is 3.86. The Morgan fingerprint density at radius 2 is 1.52 bits per heavy atom. The van der Waals surface area contributed by atoms with E-state index in [9.17, 15) is 27.2 Å². The Balaban J connectivity index is 1.44. The zero-order chi connectivity index (χ0) is 22.3. The number of piperazine rings is 1. The standard InChI is InChI=1S/C21H20FN3O5S/c1-14(25-20(27)17-7-2-3-8-18(17)21(25)28)19(26)23-9-11-24(12-10-23)31(29,30)16-6-4-5-15(22)13-16/h2-8,13-14H,9-12H2,1H3. The van der Waals surface area contributed by atoms with Crippen molar-refractivity contribution in [3.8, 4) is 0 Å². The van der Waals surface area contributed by atoms with Crippen LogP contribution < -0.4 is 0 Å². The van der Waals surface area contributed by atoms with E-state index in [0.717, 1.165) is 17.0 Å². The number of carbonyl (C=O) groups is 3. The first-order valence-electron chi connectivity index (χ1n) is 9.73. The normalized spacial score (nSPS) is 18.3. The van der Waals surface area contributed by atoms with Gasteiger partial charge in [0.25, 0.3) is 11.8 Å². The van der Waals surface area contributed by atoms with Crippen molar-refractivity contribution in [1.29, 1.82) is 0 Å². The van der Waals surface area contributed by atoms with Crippen LogP contribution in [-0.4, -0.2) is 72.5 Å². The predicted octanol–water partition coefficient (Wildman–Crippen LogP) is 1.34. The molecule has 0 radical (unpaired) electrons. The number of benzene rings is 2. The molecular weight excluding hydrogens is 425 g/mol. The molecule has 162 valence electrons. The van der Waals surface area contributed by atoms with Crippen molar-refractivity contribution in [1.82, 2.24) is 14.1 Å². The molecule has 2 aromatic carbocycles. The molecule has 10 heteroatoms. The van der Waals surface area contributed by atoms with Crippen molar-refractivity contribution >= 4 is 27.7 Å². The lowest BCUT2D eigenvalue weighted by atomic mass is 10.1.